The van der Waals surface area contributed by atoms with Gasteiger partial charge in [-0.2, -0.15) is 0 Å². The van der Waals surface area contributed by atoms with Crippen molar-refractivity contribution in [1.29, 1.82) is 0 Å². The van der Waals surface area contributed by atoms with E-state index < -0.39 is 0 Å². The summed E-state index contributed by atoms with van der Waals surface area (Å²) >= 11 is 0. The van der Waals surface area contributed by atoms with Crippen molar-refractivity contribution >= 4 is 5.91 Å². The van der Waals surface area contributed by atoms with Gasteiger partial charge in [-0.25, -0.2) is 0 Å². The van der Waals surface area contributed by atoms with Gasteiger partial charge in [-0.15, -0.1) is 0 Å². The number of nitrogens with zero attached hydrogens (tertiary/aromatic N) is 1. The van der Waals surface area contributed by atoms with E-state index in [-0.39, 0.29) is 0 Å². The summed E-state index contributed by atoms with van der Waals surface area (Å²) in [6.45, 7) is 9.46. The van der Waals surface area contributed by atoms with Crippen molar-refractivity contribution in [1.82, 2.24) is 4.90 Å². The number of carbonyl (C=O) groups is 1. The van der Waals surface area contributed by atoms with E-state index in [1.165, 1.54) is 12.8 Å². The molecule has 1 aliphatic heterocycles. The van der Waals surface area contributed by atoms with Crippen LogP contribution in [-0.4, -0.2) is 30.4 Å². The van der Waals surface area contributed by atoms with Gasteiger partial charge in [0.15, 0.2) is 0 Å². The number of piperidine rings is 1. The van der Waals surface area contributed by atoms with Gasteiger partial charge in [0.05, 0.1) is 0 Å². The van der Waals surface area contributed by atoms with E-state index in [1.807, 2.05) is 0 Å². The Bertz CT molecular complexity index is 257. The zero-order valence-corrected chi connectivity index (χ0v) is 13.0. The Morgan fingerprint density at radius 1 is 1.26 bits per heavy atom. The van der Waals surface area contributed by atoms with Crippen LogP contribution in [0.2, 0.25) is 0 Å². The fourth-order valence-electron chi connectivity index (χ4n) is 3.09. The maximum absolute atomic E-state index is 12.2. The number of hydrogen-bond acceptors (Lipinski definition) is 2. The summed E-state index contributed by atoms with van der Waals surface area (Å²) in [5.41, 5.74) is 5.60. The SMILES string of the molecule is CCC(CCN)CCC(=O)N1CCC(C(C)C)CC1. The second-order valence-electron chi connectivity index (χ2n) is 6.35. The molecule has 112 valence electrons. The molecule has 1 aliphatic rings. The predicted molar refractivity (Wildman–Crippen MR) is 80.8 cm³/mol. The van der Waals surface area contributed by atoms with Crippen molar-refractivity contribution < 1.29 is 4.79 Å². The van der Waals surface area contributed by atoms with Gasteiger partial charge in [0.25, 0.3) is 0 Å². The molecule has 1 fully saturated rings. The normalized spacial score (nSPS) is 18.9. The zero-order valence-electron chi connectivity index (χ0n) is 13.0. The van der Waals surface area contributed by atoms with Gasteiger partial charge >= 0.3 is 0 Å². The molecule has 1 rings (SSSR count). The number of nitrogens with two attached hydrogens (primary N) is 1. The van der Waals surface area contributed by atoms with E-state index >= 15 is 0 Å². The highest BCUT2D eigenvalue weighted by molar-refractivity contribution is 5.76. The van der Waals surface area contributed by atoms with E-state index in [2.05, 4.69) is 25.7 Å². The van der Waals surface area contributed by atoms with Gasteiger partial charge in [-0.1, -0.05) is 27.2 Å². The van der Waals surface area contributed by atoms with Crippen molar-refractivity contribution in [3.63, 3.8) is 0 Å². The Morgan fingerprint density at radius 2 is 1.89 bits per heavy atom. The highest BCUT2D eigenvalue weighted by Crippen LogP contribution is 2.25. The molecule has 0 saturated carbocycles. The van der Waals surface area contributed by atoms with E-state index in [0.717, 1.165) is 50.7 Å². The Kier molecular flexibility index (Phi) is 7.44. The molecule has 0 aliphatic carbocycles. The average Bonchev–Trinajstić information content (AvgIpc) is 2.43. The monoisotopic (exact) mass is 268 g/mol. The molecule has 0 radical (unpaired) electrons. The molecule has 0 spiro atoms. The largest absolute Gasteiger partial charge is 0.343 e. The molecular formula is C16H32N2O. The zero-order chi connectivity index (χ0) is 14.3. The molecule has 3 nitrogen and oxygen atoms in total. The molecule has 1 unspecified atom stereocenters. The third-order valence-corrected chi connectivity index (χ3v) is 4.75. The lowest BCUT2D eigenvalue weighted by Gasteiger charge is -2.34. The standard InChI is InChI=1S/C16H32N2O/c1-4-14(7-10-17)5-6-16(19)18-11-8-15(9-12-18)13(2)3/h13-15H,4-12,17H2,1-3H3. The summed E-state index contributed by atoms with van der Waals surface area (Å²) in [4.78, 5) is 14.3. The summed E-state index contributed by atoms with van der Waals surface area (Å²) < 4.78 is 0. The molecular weight excluding hydrogens is 236 g/mol. The smallest absolute Gasteiger partial charge is 0.222 e. The van der Waals surface area contributed by atoms with Gasteiger partial charge in [-0.3, -0.25) is 4.79 Å². The number of hydrogen-bond donors (Lipinski definition) is 1. The molecule has 2 N–H and O–H groups in total. The molecule has 0 aromatic heterocycles. The molecule has 0 aromatic carbocycles. The van der Waals surface area contributed by atoms with Gasteiger partial charge < -0.3 is 10.6 Å². The molecule has 19 heavy (non-hydrogen) atoms. The van der Waals surface area contributed by atoms with Crippen molar-refractivity contribution in [2.24, 2.45) is 23.5 Å². The molecule has 1 heterocycles. The van der Waals surface area contributed by atoms with Crippen LogP contribution in [0.4, 0.5) is 0 Å². The maximum atomic E-state index is 12.2. The first-order chi connectivity index (χ1) is 9.08. The number of likely N-dealkylation sites (tertiary alicyclic amines) is 1. The van der Waals surface area contributed by atoms with Gasteiger partial charge in [-0.05, 0) is 50.0 Å². The molecule has 0 aromatic rings. The molecule has 3 heteroatoms. The minimum Gasteiger partial charge on any atom is -0.343 e. The second kappa shape index (κ2) is 8.57. The lowest BCUT2D eigenvalue weighted by atomic mass is 9.86. The van der Waals surface area contributed by atoms with Crippen LogP contribution in [0.1, 0.15) is 59.3 Å². The number of rotatable bonds is 7. The van der Waals surface area contributed by atoms with Crippen LogP contribution in [0.15, 0.2) is 0 Å². The lowest BCUT2D eigenvalue weighted by Crippen LogP contribution is -2.39. The molecule has 1 saturated heterocycles. The third kappa shape index (κ3) is 5.52. The number of carbonyl (C=O) groups excluding carboxylic acids is 1. The summed E-state index contributed by atoms with van der Waals surface area (Å²) in [5.74, 6) is 2.55. The van der Waals surface area contributed by atoms with Crippen molar-refractivity contribution in [2.75, 3.05) is 19.6 Å². The average molecular weight is 268 g/mol. The van der Waals surface area contributed by atoms with Crippen LogP contribution >= 0.6 is 0 Å². The predicted octanol–water partition coefficient (Wildman–Crippen LogP) is 3.04. The van der Waals surface area contributed by atoms with E-state index in [9.17, 15) is 4.79 Å². The first kappa shape index (κ1) is 16.5. The van der Waals surface area contributed by atoms with E-state index in [1.54, 1.807) is 0 Å². The number of amides is 1. The van der Waals surface area contributed by atoms with Crippen LogP contribution < -0.4 is 5.73 Å². The fraction of sp³-hybridized carbons (Fsp3) is 0.938. The minimum absolute atomic E-state index is 0.359. The van der Waals surface area contributed by atoms with Crippen LogP contribution in [0, 0.1) is 17.8 Å². The summed E-state index contributed by atoms with van der Waals surface area (Å²) in [7, 11) is 0. The topological polar surface area (TPSA) is 46.3 Å². The molecule has 1 atom stereocenters. The highest BCUT2D eigenvalue weighted by atomic mass is 16.2. The maximum Gasteiger partial charge on any atom is 0.222 e. The van der Waals surface area contributed by atoms with Gasteiger partial charge in [0.2, 0.25) is 5.91 Å². The Hall–Kier alpha value is -0.570. The van der Waals surface area contributed by atoms with Crippen molar-refractivity contribution in [3.05, 3.63) is 0 Å². The highest BCUT2D eigenvalue weighted by Gasteiger charge is 2.24. The Morgan fingerprint density at radius 3 is 2.37 bits per heavy atom. The van der Waals surface area contributed by atoms with E-state index in [0.29, 0.717) is 18.2 Å². The Balaban J connectivity index is 2.27. The third-order valence-electron chi connectivity index (χ3n) is 4.75. The minimum atomic E-state index is 0.359. The first-order valence-corrected chi connectivity index (χ1v) is 8.06. The van der Waals surface area contributed by atoms with Crippen molar-refractivity contribution in [2.45, 2.75) is 59.3 Å². The van der Waals surface area contributed by atoms with Crippen LogP contribution in [0.3, 0.4) is 0 Å². The lowest BCUT2D eigenvalue weighted by molar-refractivity contribution is -0.133. The first-order valence-electron chi connectivity index (χ1n) is 8.06. The van der Waals surface area contributed by atoms with Gasteiger partial charge in [0, 0.05) is 19.5 Å². The molecule has 1 amide bonds. The van der Waals surface area contributed by atoms with Crippen LogP contribution in [0.5, 0.6) is 0 Å². The summed E-state index contributed by atoms with van der Waals surface area (Å²) in [5, 5.41) is 0. The second-order valence-corrected chi connectivity index (χ2v) is 6.35. The summed E-state index contributed by atoms with van der Waals surface area (Å²) in [6.07, 6.45) is 6.29. The van der Waals surface area contributed by atoms with Crippen LogP contribution in [-0.2, 0) is 4.79 Å². The van der Waals surface area contributed by atoms with E-state index in [4.69, 9.17) is 5.73 Å². The van der Waals surface area contributed by atoms with Crippen molar-refractivity contribution in [3.8, 4) is 0 Å². The summed E-state index contributed by atoms with van der Waals surface area (Å²) in [6, 6.07) is 0. The van der Waals surface area contributed by atoms with Gasteiger partial charge in [0.1, 0.15) is 0 Å². The van der Waals surface area contributed by atoms with Crippen LogP contribution in [0.25, 0.3) is 0 Å². The quantitative estimate of drug-likeness (QED) is 0.771. The molecule has 0 bridgehead atoms. The fourth-order valence-corrected chi connectivity index (χ4v) is 3.09. The Labute approximate surface area is 118 Å².